The van der Waals surface area contributed by atoms with Crippen LogP contribution >= 0.6 is 0 Å². The molecule has 0 saturated carbocycles. The van der Waals surface area contributed by atoms with Gasteiger partial charge < -0.3 is 5.11 Å². The van der Waals surface area contributed by atoms with E-state index in [-0.39, 0.29) is 0 Å². The van der Waals surface area contributed by atoms with Gasteiger partial charge in [-0.3, -0.25) is 0 Å². The topological polar surface area (TPSA) is 20.2 Å². The van der Waals surface area contributed by atoms with Crippen molar-refractivity contribution in [1.29, 1.82) is 0 Å². The van der Waals surface area contributed by atoms with Crippen molar-refractivity contribution in [3.05, 3.63) is 66.8 Å². The zero-order chi connectivity index (χ0) is 10.4. The molecule has 0 fully saturated rings. The average Bonchev–Trinajstić information content (AvgIpc) is 2.26. The molecule has 0 heterocycles. The van der Waals surface area contributed by atoms with Crippen LogP contribution in [0.1, 0.15) is 5.56 Å². The molecule has 0 radical (unpaired) electrons. The number of rotatable bonds is 4. The van der Waals surface area contributed by atoms with Gasteiger partial charge in [0.15, 0.2) is 0 Å². The number of hydrogen-bond acceptors (Lipinski definition) is 1. The Labute approximate surface area is 84.7 Å². The fourth-order valence-corrected chi connectivity index (χ4v) is 1.01. The summed E-state index contributed by atoms with van der Waals surface area (Å²) in [5, 5.41) is 9.52. The normalized spacial score (nSPS) is 12.6. The minimum Gasteiger partial charge on any atom is -0.384 e. The summed E-state index contributed by atoms with van der Waals surface area (Å²) < 4.78 is 0. The highest BCUT2D eigenvalue weighted by Gasteiger charge is 1.98. The van der Waals surface area contributed by atoms with Crippen molar-refractivity contribution in [2.24, 2.45) is 0 Å². The van der Waals surface area contributed by atoms with Crippen molar-refractivity contribution >= 4 is 6.08 Å². The van der Waals surface area contributed by atoms with Crippen LogP contribution in [-0.4, -0.2) is 11.2 Å². The number of hydrogen-bond donors (Lipinski definition) is 1. The van der Waals surface area contributed by atoms with Gasteiger partial charge in [-0.15, -0.1) is 0 Å². The Bertz CT molecular complexity index is 336. The Morgan fingerprint density at radius 1 is 1.29 bits per heavy atom. The number of aliphatic hydroxyl groups excluding tert-OH is 1. The molecule has 1 aromatic carbocycles. The van der Waals surface area contributed by atoms with Gasteiger partial charge in [-0.25, -0.2) is 0 Å². The summed E-state index contributed by atoms with van der Waals surface area (Å²) in [5.74, 6) is 0. The molecule has 0 aliphatic carbocycles. The fraction of sp³-hybridized carbons (Fsp3) is 0.0769. The zero-order valence-electron chi connectivity index (χ0n) is 8.06. The first kappa shape index (κ1) is 10.5. The lowest BCUT2D eigenvalue weighted by Crippen LogP contribution is -2.02. The van der Waals surface area contributed by atoms with Gasteiger partial charge in [0, 0.05) is 0 Å². The molecule has 0 bridgehead atoms. The van der Waals surface area contributed by atoms with Gasteiger partial charge >= 0.3 is 0 Å². The molecule has 1 rings (SSSR count). The number of benzene rings is 1. The van der Waals surface area contributed by atoms with Gasteiger partial charge in [0.1, 0.15) is 0 Å². The first-order valence-electron chi connectivity index (χ1n) is 4.46. The molecule has 0 unspecified atom stereocenters. The third-order valence-corrected chi connectivity index (χ3v) is 1.91. The van der Waals surface area contributed by atoms with E-state index in [0.717, 1.165) is 5.56 Å². The van der Waals surface area contributed by atoms with Crippen LogP contribution in [0.3, 0.4) is 0 Å². The van der Waals surface area contributed by atoms with Crippen LogP contribution in [0.2, 0.25) is 0 Å². The first-order valence-corrected chi connectivity index (χ1v) is 4.46. The summed E-state index contributed by atoms with van der Waals surface area (Å²) in [4.78, 5) is 0. The zero-order valence-corrected chi connectivity index (χ0v) is 8.06. The van der Waals surface area contributed by atoms with E-state index in [1.807, 2.05) is 36.4 Å². The highest BCUT2D eigenvalue weighted by atomic mass is 16.3. The summed E-state index contributed by atoms with van der Waals surface area (Å²) in [6.45, 7) is 7.21. The van der Waals surface area contributed by atoms with E-state index in [4.69, 9.17) is 0 Å². The fourth-order valence-electron chi connectivity index (χ4n) is 1.01. The predicted molar refractivity (Wildman–Crippen MR) is 60.8 cm³/mol. The van der Waals surface area contributed by atoms with Crippen LogP contribution < -0.4 is 0 Å². The standard InChI is InChI=1S/C13H14O/c1-3-11(2)13(14)10-9-12-7-5-4-6-8-12/h3-10,13-14H,1-2H2/b10-9+/t13-/m1/s1. The van der Waals surface area contributed by atoms with Gasteiger partial charge in [0.2, 0.25) is 0 Å². The predicted octanol–water partition coefficient (Wildman–Crippen LogP) is 2.80. The van der Waals surface area contributed by atoms with E-state index in [0.29, 0.717) is 5.57 Å². The molecule has 0 saturated heterocycles. The van der Waals surface area contributed by atoms with Crippen molar-refractivity contribution < 1.29 is 5.11 Å². The SMILES string of the molecule is C=CC(=C)[C@H](O)/C=C/c1ccccc1. The Hall–Kier alpha value is -1.60. The Morgan fingerprint density at radius 2 is 1.93 bits per heavy atom. The van der Waals surface area contributed by atoms with E-state index < -0.39 is 6.10 Å². The molecule has 1 nitrogen and oxygen atoms in total. The van der Waals surface area contributed by atoms with E-state index in [2.05, 4.69) is 13.2 Å². The maximum absolute atomic E-state index is 9.52. The van der Waals surface area contributed by atoms with Gasteiger partial charge in [-0.1, -0.05) is 61.7 Å². The molecular weight excluding hydrogens is 172 g/mol. The summed E-state index contributed by atoms with van der Waals surface area (Å²) in [6.07, 6.45) is 4.46. The molecule has 1 aromatic rings. The molecule has 14 heavy (non-hydrogen) atoms. The summed E-state index contributed by atoms with van der Waals surface area (Å²) in [5.41, 5.74) is 1.67. The van der Waals surface area contributed by atoms with Crippen LogP contribution in [-0.2, 0) is 0 Å². The van der Waals surface area contributed by atoms with Crippen LogP contribution in [0.4, 0.5) is 0 Å². The molecule has 0 aliphatic rings. The highest BCUT2D eigenvalue weighted by Crippen LogP contribution is 2.06. The Balaban J connectivity index is 2.65. The van der Waals surface area contributed by atoms with Gasteiger partial charge in [0.05, 0.1) is 6.10 Å². The molecular formula is C13H14O. The lowest BCUT2D eigenvalue weighted by atomic mass is 10.1. The molecule has 72 valence electrons. The second-order valence-electron chi connectivity index (χ2n) is 2.99. The summed E-state index contributed by atoms with van der Waals surface area (Å²) in [7, 11) is 0. The van der Waals surface area contributed by atoms with E-state index in [1.165, 1.54) is 0 Å². The lowest BCUT2D eigenvalue weighted by molar-refractivity contribution is 0.264. The van der Waals surface area contributed by atoms with Crippen molar-refractivity contribution in [2.45, 2.75) is 6.10 Å². The quantitative estimate of drug-likeness (QED) is 0.717. The van der Waals surface area contributed by atoms with Crippen molar-refractivity contribution in [1.82, 2.24) is 0 Å². The first-order chi connectivity index (χ1) is 6.74. The molecule has 0 aromatic heterocycles. The third-order valence-electron chi connectivity index (χ3n) is 1.91. The largest absolute Gasteiger partial charge is 0.384 e. The van der Waals surface area contributed by atoms with Crippen LogP contribution in [0.25, 0.3) is 6.08 Å². The Morgan fingerprint density at radius 3 is 2.50 bits per heavy atom. The average molecular weight is 186 g/mol. The molecule has 0 aliphatic heterocycles. The van der Waals surface area contributed by atoms with Crippen LogP contribution in [0.5, 0.6) is 0 Å². The minimum absolute atomic E-state index is 0.609. The van der Waals surface area contributed by atoms with Gasteiger partial charge in [0.25, 0.3) is 0 Å². The highest BCUT2D eigenvalue weighted by molar-refractivity contribution is 5.50. The van der Waals surface area contributed by atoms with Crippen LogP contribution in [0, 0.1) is 0 Å². The maximum atomic E-state index is 9.52. The van der Waals surface area contributed by atoms with Gasteiger partial charge in [-0.05, 0) is 11.1 Å². The van der Waals surface area contributed by atoms with E-state index in [9.17, 15) is 5.11 Å². The minimum atomic E-state index is -0.646. The summed E-state index contributed by atoms with van der Waals surface area (Å²) in [6, 6.07) is 9.80. The molecule has 0 spiro atoms. The second kappa shape index (κ2) is 5.20. The second-order valence-corrected chi connectivity index (χ2v) is 2.99. The Kier molecular flexibility index (Phi) is 3.89. The van der Waals surface area contributed by atoms with Crippen molar-refractivity contribution in [2.75, 3.05) is 0 Å². The monoisotopic (exact) mass is 186 g/mol. The number of aliphatic hydroxyl groups is 1. The van der Waals surface area contributed by atoms with E-state index in [1.54, 1.807) is 12.2 Å². The maximum Gasteiger partial charge on any atom is 0.0969 e. The van der Waals surface area contributed by atoms with Gasteiger partial charge in [-0.2, -0.15) is 0 Å². The lowest BCUT2D eigenvalue weighted by Gasteiger charge is -2.03. The van der Waals surface area contributed by atoms with Crippen molar-refractivity contribution in [3.8, 4) is 0 Å². The third kappa shape index (κ3) is 3.04. The van der Waals surface area contributed by atoms with Crippen molar-refractivity contribution in [3.63, 3.8) is 0 Å². The smallest absolute Gasteiger partial charge is 0.0969 e. The molecule has 0 amide bonds. The molecule has 1 heteroatoms. The molecule has 1 atom stereocenters. The summed E-state index contributed by atoms with van der Waals surface area (Å²) >= 11 is 0. The van der Waals surface area contributed by atoms with E-state index >= 15 is 0 Å². The molecule has 1 N–H and O–H groups in total. The van der Waals surface area contributed by atoms with Crippen LogP contribution in [0.15, 0.2) is 61.2 Å².